The third-order valence-corrected chi connectivity index (χ3v) is 2.73. The lowest BCUT2D eigenvalue weighted by molar-refractivity contribution is -0.117. The van der Waals surface area contributed by atoms with Crippen LogP contribution in [0.4, 0.5) is 5.13 Å². The number of nitrogens with one attached hydrogen (secondary N) is 1. The average Bonchev–Trinajstić information content (AvgIpc) is 2.30. The van der Waals surface area contributed by atoms with Gasteiger partial charge >= 0.3 is 0 Å². The Balaban J connectivity index is 2.50. The van der Waals surface area contributed by atoms with E-state index in [4.69, 9.17) is 5.73 Å². The maximum Gasteiger partial charge on any atom is 0.227 e. The Labute approximate surface area is 95.0 Å². The van der Waals surface area contributed by atoms with Gasteiger partial charge in [-0.25, -0.2) is 4.98 Å². The fourth-order valence-corrected chi connectivity index (χ4v) is 2.01. The molecule has 0 aliphatic heterocycles. The second-order valence-electron chi connectivity index (χ2n) is 3.68. The van der Waals surface area contributed by atoms with Crippen molar-refractivity contribution in [3.8, 4) is 0 Å². The third-order valence-electron chi connectivity index (χ3n) is 1.34. The number of hydrogen-bond acceptors (Lipinski definition) is 4. The lowest BCUT2D eigenvalue weighted by Gasteiger charge is -2.16. The molecule has 3 N–H and O–H groups in total. The summed E-state index contributed by atoms with van der Waals surface area (Å²) in [6.07, 6.45) is 1.93. The molecule has 0 bridgehead atoms. The van der Waals surface area contributed by atoms with Crippen molar-refractivity contribution >= 4 is 38.3 Å². The van der Waals surface area contributed by atoms with Gasteiger partial charge in [0.05, 0.1) is 9.98 Å². The first kappa shape index (κ1) is 11.6. The number of nitrogens with two attached hydrogens (primary N) is 1. The Kier molecular flexibility index (Phi) is 3.63. The standard InChI is InChI=1S/C8H12BrN3OS/c1-8(2,10)3-6(13)12-7-11-4-5(9)14-7/h4H,3,10H2,1-2H3,(H,11,12,13). The molecule has 4 nitrogen and oxygen atoms in total. The molecule has 0 saturated heterocycles. The summed E-state index contributed by atoms with van der Waals surface area (Å²) in [5.74, 6) is -0.112. The van der Waals surface area contributed by atoms with E-state index in [0.717, 1.165) is 3.79 Å². The highest BCUT2D eigenvalue weighted by atomic mass is 79.9. The van der Waals surface area contributed by atoms with Gasteiger partial charge in [0.2, 0.25) is 5.91 Å². The van der Waals surface area contributed by atoms with Crippen LogP contribution in [0.5, 0.6) is 0 Å². The summed E-state index contributed by atoms with van der Waals surface area (Å²) in [6, 6.07) is 0. The molecule has 0 aliphatic carbocycles. The molecule has 0 aromatic carbocycles. The minimum absolute atomic E-state index is 0.112. The highest BCUT2D eigenvalue weighted by molar-refractivity contribution is 9.11. The van der Waals surface area contributed by atoms with E-state index < -0.39 is 5.54 Å². The maximum absolute atomic E-state index is 11.4. The molecular formula is C8H12BrN3OS. The minimum atomic E-state index is -0.488. The zero-order valence-corrected chi connectivity index (χ0v) is 10.4. The van der Waals surface area contributed by atoms with E-state index in [9.17, 15) is 4.79 Å². The molecule has 14 heavy (non-hydrogen) atoms. The molecule has 1 aromatic heterocycles. The van der Waals surface area contributed by atoms with Crippen LogP contribution in [0.15, 0.2) is 9.98 Å². The fraction of sp³-hybridized carbons (Fsp3) is 0.500. The van der Waals surface area contributed by atoms with Gasteiger partial charge in [0.25, 0.3) is 0 Å². The zero-order valence-electron chi connectivity index (χ0n) is 8.00. The fourth-order valence-electron chi connectivity index (χ4n) is 0.890. The highest BCUT2D eigenvalue weighted by Crippen LogP contribution is 2.23. The van der Waals surface area contributed by atoms with E-state index in [-0.39, 0.29) is 12.3 Å². The van der Waals surface area contributed by atoms with Gasteiger partial charge in [-0.3, -0.25) is 4.79 Å². The number of anilines is 1. The predicted octanol–water partition coefficient (Wildman–Crippen LogP) is 1.97. The first-order chi connectivity index (χ1) is 6.37. The van der Waals surface area contributed by atoms with Gasteiger partial charge in [0.15, 0.2) is 5.13 Å². The van der Waals surface area contributed by atoms with Gasteiger partial charge < -0.3 is 11.1 Å². The maximum atomic E-state index is 11.4. The van der Waals surface area contributed by atoms with Gasteiger partial charge in [0.1, 0.15) is 0 Å². The van der Waals surface area contributed by atoms with Crippen LogP contribution in [0.25, 0.3) is 0 Å². The van der Waals surface area contributed by atoms with E-state index in [2.05, 4.69) is 26.2 Å². The number of hydrogen-bond donors (Lipinski definition) is 2. The highest BCUT2D eigenvalue weighted by Gasteiger charge is 2.16. The monoisotopic (exact) mass is 277 g/mol. The molecule has 78 valence electrons. The lowest BCUT2D eigenvalue weighted by atomic mass is 10.0. The van der Waals surface area contributed by atoms with Crippen LogP contribution in [-0.2, 0) is 4.79 Å². The Bertz CT molecular complexity index is 332. The van der Waals surface area contributed by atoms with Crippen molar-refractivity contribution in [1.29, 1.82) is 0 Å². The Morgan fingerprint density at radius 2 is 2.43 bits per heavy atom. The lowest BCUT2D eigenvalue weighted by Crippen LogP contribution is -2.36. The van der Waals surface area contributed by atoms with Crippen LogP contribution in [0.3, 0.4) is 0 Å². The molecule has 0 spiro atoms. The van der Waals surface area contributed by atoms with Gasteiger partial charge in [-0.05, 0) is 29.8 Å². The van der Waals surface area contributed by atoms with Crippen LogP contribution in [0, 0.1) is 0 Å². The Morgan fingerprint density at radius 1 is 1.79 bits per heavy atom. The SMILES string of the molecule is CC(C)(N)CC(=O)Nc1ncc(Br)s1. The molecule has 0 fully saturated rings. The summed E-state index contributed by atoms with van der Waals surface area (Å²) in [7, 11) is 0. The summed E-state index contributed by atoms with van der Waals surface area (Å²) >= 11 is 4.64. The summed E-state index contributed by atoms with van der Waals surface area (Å²) in [6.45, 7) is 3.62. The van der Waals surface area contributed by atoms with Crippen molar-refractivity contribution < 1.29 is 4.79 Å². The van der Waals surface area contributed by atoms with Gasteiger partial charge in [-0.1, -0.05) is 11.3 Å². The number of halogens is 1. The van der Waals surface area contributed by atoms with Gasteiger partial charge in [-0.15, -0.1) is 0 Å². The second kappa shape index (κ2) is 4.37. The van der Waals surface area contributed by atoms with Crippen LogP contribution in [0.1, 0.15) is 20.3 Å². The molecule has 0 aliphatic rings. The third kappa shape index (κ3) is 4.17. The summed E-state index contributed by atoms with van der Waals surface area (Å²) in [5.41, 5.74) is 5.22. The van der Waals surface area contributed by atoms with Crippen molar-refractivity contribution in [3.05, 3.63) is 9.98 Å². The van der Waals surface area contributed by atoms with Crippen molar-refractivity contribution in [2.24, 2.45) is 5.73 Å². The second-order valence-corrected chi connectivity index (χ2v) is 6.09. The van der Waals surface area contributed by atoms with Crippen molar-refractivity contribution in [2.45, 2.75) is 25.8 Å². The number of nitrogens with zero attached hydrogens (tertiary/aromatic N) is 1. The summed E-state index contributed by atoms with van der Waals surface area (Å²) in [4.78, 5) is 15.4. The number of aromatic nitrogens is 1. The van der Waals surface area contributed by atoms with Crippen LogP contribution in [-0.4, -0.2) is 16.4 Å². The summed E-state index contributed by atoms with van der Waals surface area (Å²) < 4.78 is 0.889. The molecular weight excluding hydrogens is 266 g/mol. The number of rotatable bonds is 3. The van der Waals surface area contributed by atoms with E-state index in [1.807, 2.05) is 13.8 Å². The molecule has 6 heteroatoms. The number of carbonyl (C=O) groups excluding carboxylic acids is 1. The van der Waals surface area contributed by atoms with E-state index in [0.29, 0.717) is 5.13 Å². The molecule has 0 atom stereocenters. The van der Waals surface area contributed by atoms with Crippen molar-refractivity contribution in [2.75, 3.05) is 5.32 Å². The molecule has 0 radical (unpaired) electrons. The molecule has 0 saturated carbocycles. The van der Waals surface area contributed by atoms with Crippen molar-refractivity contribution in [1.82, 2.24) is 4.98 Å². The van der Waals surface area contributed by atoms with Crippen LogP contribution >= 0.6 is 27.3 Å². The average molecular weight is 278 g/mol. The molecule has 1 heterocycles. The normalized spacial score (nSPS) is 11.4. The largest absolute Gasteiger partial charge is 0.325 e. The Morgan fingerprint density at radius 3 is 2.86 bits per heavy atom. The first-order valence-electron chi connectivity index (χ1n) is 4.07. The van der Waals surface area contributed by atoms with Crippen LogP contribution in [0.2, 0.25) is 0 Å². The van der Waals surface area contributed by atoms with Crippen molar-refractivity contribution in [3.63, 3.8) is 0 Å². The number of amides is 1. The number of thiazole rings is 1. The van der Waals surface area contributed by atoms with E-state index in [1.54, 1.807) is 6.20 Å². The zero-order chi connectivity index (χ0) is 10.8. The molecule has 1 aromatic rings. The van der Waals surface area contributed by atoms with E-state index in [1.165, 1.54) is 11.3 Å². The smallest absolute Gasteiger partial charge is 0.227 e. The Hall–Kier alpha value is -0.460. The first-order valence-corrected chi connectivity index (χ1v) is 5.68. The number of carbonyl (C=O) groups is 1. The minimum Gasteiger partial charge on any atom is -0.325 e. The molecule has 1 amide bonds. The molecule has 1 rings (SSSR count). The topological polar surface area (TPSA) is 68.0 Å². The predicted molar refractivity (Wildman–Crippen MR) is 61.3 cm³/mol. The summed E-state index contributed by atoms with van der Waals surface area (Å²) in [5, 5.41) is 3.27. The quantitative estimate of drug-likeness (QED) is 0.888. The van der Waals surface area contributed by atoms with E-state index >= 15 is 0 Å². The van der Waals surface area contributed by atoms with Gasteiger partial charge in [-0.2, -0.15) is 0 Å². The molecule has 0 unspecified atom stereocenters. The van der Waals surface area contributed by atoms with Gasteiger partial charge in [0, 0.05) is 12.0 Å². The van der Waals surface area contributed by atoms with Crippen LogP contribution < -0.4 is 11.1 Å².